The first kappa shape index (κ1) is 28.2. The molecule has 1 fully saturated rings. The molecule has 5 heterocycles. The number of carbonyl (C=O) groups is 1. The number of carbonyl (C=O) groups excluding carboxylic acids is 1. The molecule has 1 saturated heterocycles. The van der Waals surface area contributed by atoms with Crippen LogP contribution in [0, 0.1) is 6.92 Å². The lowest BCUT2D eigenvalue weighted by atomic mass is 9.92. The van der Waals surface area contributed by atoms with Crippen LogP contribution in [0.1, 0.15) is 80.6 Å². The van der Waals surface area contributed by atoms with E-state index in [9.17, 15) is 13.6 Å². The zero-order valence-corrected chi connectivity index (χ0v) is 23.9. The van der Waals surface area contributed by atoms with Gasteiger partial charge in [-0.3, -0.25) is 14.5 Å². The van der Waals surface area contributed by atoms with Crippen LogP contribution in [-0.4, -0.2) is 51.9 Å². The molecule has 0 aliphatic carbocycles. The van der Waals surface area contributed by atoms with Crippen LogP contribution in [0.2, 0.25) is 0 Å². The summed E-state index contributed by atoms with van der Waals surface area (Å²) in [5, 5.41) is 5.15. The Balaban J connectivity index is 0.00000158. The minimum absolute atomic E-state index is 0.00407. The number of anilines is 2. The lowest BCUT2D eigenvalue weighted by Crippen LogP contribution is -2.36. The van der Waals surface area contributed by atoms with Gasteiger partial charge in [0.25, 0.3) is 6.43 Å². The van der Waals surface area contributed by atoms with Crippen molar-refractivity contribution in [1.82, 2.24) is 19.7 Å². The lowest BCUT2D eigenvalue weighted by Gasteiger charge is -2.33. The fraction of sp³-hybridized carbons (Fsp3) is 0.516. The van der Waals surface area contributed by atoms with E-state index in [0.29, 0.717) is 44.0 Å². The van der Waals surface area contributed by atoms with Gasteiger partial charge in [0.1, 0.15) is 0 Å². The quantitative estimate of drug-likeness (QED) is 0.368. The van der Waals surface area contributed by atoms with E-state index in [2.05, 4.69) is 14.6 Å². The van der Waals surface area contributed by atoms with Gasteiger partial charge in [-0.1, -0.05) is 19.9 Å². The number of aryl methyl sites for hydroxylation is 2. The van der Waals surface area contributed by atoms with Crippen molar-refractivity contribution in [1.29, 1.82) is 0 Å². The molecule has 0 N–H and O–H groups in total. The Morgan fingerprint density at radius 3 is 2.55 bits per heavy atom. The first-order chi connectivity index (χ1) is 19.4. The van der Waals surface area contributed by atoms with Gasteiger partial charge in [-0.15, -0.1) is 0 Å². The molecule has 0 atom stereocenters. The molecular weight excluding hydrogens is 512 g/mol. The monoisotopic (exact) mass is 551 g/mol. The molecule has 3 aliphatic heterocycles. The molecule has 0 spiro atoms. The average molecular weight is 552 g/mol. The van der Waals surface area contributed by atoms with Crippen molar-refractivity contribution in [3.05, 3.63) is 58.5 Å². The summed E-state index contributed by atoms with van der Waals surface area (Å²) in [4.78, 5) is 20.6. The lowest BCUT2D eigenvalue weighted by molar-refractivity contribution is -0.129. The molecule has 6 rings (SSSR count). The van der Waals surface area contributed by atoms with Gasteiger partial charge in [0, 0.05) is 79.6 Å². The number of aromatic nitrogens is 3. The molecule has 1 amide bonds. The Hall–Kier alpha value is -3.33. The van der Waals surface area contributed by atoms with Crippen molar-refractivity contribution in [3.63, 3.8) is 0 Å². The summed E-state index contributed by atoms with van der Waals surface area (Å²) in [6.07, 6.45) is 3.27. The highest BCUT2D eigenvalue weighted by atomic mass is 19.3. The third-order valence-corrected chi connectivity index (χ3v) is 8.13. The molecule has 9 heteroatoms. The Labute approximate surface area is 235 Å². The number of alkyl halides is 2. The van der Waals surface area contributed by atoms with Gasteiger partial charge in [-0.25, -0.2) is 8.78 Å². The van der Waals surface area contributed by atoms with E-state index in [4.69, 9.17) is 9.84 Å². The number of pyridine rings is 1. The molecule has 0 bridgehead atoms. The van der Waals surface area contributed by atoms with Crippen LogP contribution in [0.4, 0.5) is 20.3 Å². The maximum Gasteiger partial charge on any atom is 0.264 e. The van der Waals surface area contributed by atoms with Crippen LogP contribution in [0.15, 0.2) is 30.5 Å². The van der Waals surface area contributed by atoms with Gasteiger partial charge in [-0.05, 0) is 61.9 Å². The summed E-state index contributed by atoms with van der Waals surface area (Å²) < 4.78 is 36.6. The van der Waals surface area contributed by atoms with Crippen LogP contribution in [-0.2, 0) is 28.9 Å². The topological polar surface area (TPSA) is 63.5 Å². The second-order valence-electron chi connectivity index (χ2n) is 10.5. The molecule has 1 aromatic carbocycles. The standard InChI is InChI=1S/C29H33F2N5O2.C2H6/c1-18-5-6-21(16-32-18)23-14-20-4-3-10-35(27(20)15-24(23)28(30)31)29-25-17-34(19(2)37)11-7-26(25)36(33-29)22-8-12-38-13-9-22;1-2/h5-6,14-16,22,28H,3-4,7-13,17H2,1-2H3;1-2H3. The Kier molecular flexibility index (Phi) is 8.49. The highest BCUT2D eigenvalue weighted by Gasteiger charge is 2.34. The molecule has 2 aromatic heterocycles. The Morgan fingerprint density at radius 2 is 1.88 bits per heavy atom. The zero-order chi connectivity index (χ0) is 28.4. The third-order valence-electron chi connectivity index (χ3n) is 8.13. The van der Waals surface area contributed by atoms with Gasteiger partial charge in [0.15, 0.2) is 5.82 Å². The minimum Gasteiger partial charge on any atom is -0.381 e. The van der Waals surface area contributed by atoms with E-state index in [0.717, 1.165) is 66.1 Å². The fourth-order valence-electron chi connectivity index (χ4n) is 6.07. The summed E-state index contributed by atoms with van der Waals surface area (Å²) in [5.74, 6) is 0.833. The van der Waals surface area contributed by atoms with Crippen LogP contribution >= 0.6 is 0 Å². The summed E-state index contributed by atoms with van der Waals surface area (Å²) in [5.41, 5.74) is 6.10. The molecule has 7 nitrogen and oxygen atoms in total. The van der Waals surface area contributed by atoms with Gasteiger partial charge < -0.3 is 14.5 Å². The van der Waals surface area contributed by atoms with Crippen LogP contribution < -0.4 is 4.90 Å². The molecule has 0 unspecified atom stereocenters. The fourth-order valence-corrected chi connectivity index (χ4v) is 6.07. The number of nitrogens with zero attached hydrogens (tertiary/aromatic N) is 5. The van der Waals surface area contributed by atoms with Crippen LogP contribution in [0.5, 0.6) is 0 Å². The number of ether oxygens (including phenoxy) is 1. The number of halogens is 2. The van der Waals surface area contributed by atoms with E-state index in [-0.39, 0.29) is 17.5 Å². The van der Waals surface area contributed by atoms with Gasteiger partial charge in [0.05, 0.1) is 12.6 Å². The highest BCUT2D eigenvalue weighted by Crippen LogP contribution is 2.43. The molecule has 3 aliphatic rings. The number of fused-ring (bicyclic) bond motifs is 2. The number of hydrogen-bond acceptors (Lipinski definition) is 5. The smallest absolute Gasteiger partial charge is 0.264 e. The largest absolute Gasteiger partial charge is 0.381 e. The van der Waals surface area contributed by atoms with Crippen molar-refractivity contribution < 1.29 is 18.3 Å². The van der Waals surface area contributed by atoms with Crippen molar-refractivity contribution >= 4 is 17.4 Å². The second-order valence-corrected chi connectivity index (χ2v) is 10.5. The molecule has 40 heavy (non-hydrogen) atoms. The normalized spacial score (nSPS) is 17.3. The van der Waals surface area contributed by atoms with Crippen LogP contribution in [0.3, 0.4) is 0 Å². The summed E-state index contributed by atoms with van der Waals surface area (Å²) in [6, 6.07) is 7.52. The number of hydrogen-bond donors (Lipinski definition) is 0. The number of rotatable bonds is 4. The number of amides is 1. The van der Waals surface area contributed by atoms with Crippen molar-refractivity contribution in [2.45, 2.75) is 78.8 Å². The molecule has 0 saturated carbocycles. The summed E-state index contributed by atoms with van der Waals surface area (Å²) >= 11 is 0. The zero-order valence-electron chi connectivity index (χ0n) is 23.9. The molecule has 3 aromatic rings. The van der Waals surface area contributed by atoms with E-state index in [1.165, 1.54) is 0 Å². The van der Waals surface area contributed by atoms with Crippen LogP contribution in [0.25, 0.3) is 11.1 Å². The maximum atomic E-state index is 14.4. The summed E-state index contributed by atoms with van der Waals surface area (Å²) in [6.45, 7) is 10.7. The van der Waals surface area contributed by atoms with E-state index in [1.807, 2.05) is 43.9 Å². The second kappa shape index (κ2) is 12.0. The third kappa shape index (κ3) is 5.36. The molecular formula is C31H39F2N5O2. The van der Waals surface area contributed by atoms with Crippen molar-refractivity contribution in [2.24, 2.45) is 0 Å². The highest BCUT2D eigenvalue weighted by molar-refractivity contribution is 5.78. The van der Waals surface area contributed by atoms with Gasteiger partial charge in [0.2, 0.25) is 5.91 Å². The average Bonchev–Trinajstić information content (AvgIpc) is 3.37. The Bertz CT molecular complexity index is 1350. The van der Waals surface area contributed by atoms with E-state index in [1.54, 1.807) is 19.2 Å². The first-order valence-electron chi connectivity index (χ1n) is 14.5. The van der Waals surface area contributed by atoms with Gasteiger partial charge in [-0.2, -0.15) is 5.10 Å². The predicted molar refractivity (Wildman–Crippen MR) is 152 cm³/mol. The SMILES string of the molecule is CC.CC(=O)N1CCc2c(c(N3CCCc4cc(-c5ccc(C)nc5)c(C(F)F)cc43)nn2C2CCOCC2)C1. The van der Waals surface area contributed by atoms with Crippen molar-refractivity contribution in [2.75, 3.05) is 31.2 Å². The van der Waals surface area contributed by atoms with Crippen molar-refractivity contribution in [3.8, 4) is 11.1 Å². The Morgan fingerprint density at radius 1 is 1.10 bits per heavy atom. The number of benzene rings is 1. The van der Waals surface area contributed by atoms with E-state index < -0.39 is 6.43 Å². The molecule has 214 valence electrons. The maximum absolute atomic E-state index is 14.4. The predicted octanol–water partition coefficient (Wildman–Crippen LogP) is 6.56. The summed E-state index contributed by atoms with van der Waals surface area (Å²) in [7, 11) is 0. The first-order valence-corrected chi connectivity index (χ1v) is 14.5. The van der Waals surface area contributed by atoms with E-state index >= 15 is 0 Å². The molecule has 0 radical (unpaired) electrons. The minimum atomic E-state index is -2.62. The van der Waals surface area contributed by atoms with Gasteiger partial charge >= 0.3 is 0 Å².